The van der Waals surface area contributed by atoms with Gasteiger partial charge in [-0.2, -0.15) is 5.10 Å². The summed E-state index contributed by atoms with van der Waals surface area (Å²) < 4.78 is 1.73. The van der Waals surface area contributed by atoms with E-state index in [1.165, 1.54) is 12.8 Å². The van der Waals surface area contributed by atoms with Crippen molar-refractivity contribution < 1.29 is 0 Å². The molecule has 1 unspecified atom stereocenters. The molecule has 4 nitrogen and oxygen atoms in total. The second-order valence-corrected chi connectivity index (χ2v) is 3.88. The zero-order valence-corrected chi connectivity index (χ0v) is 8.12. The Kier molecular flexibility index (Phi) is 1.90. The fourth-order valence-electron chi connectivity index (χ4n) is 1.55. The number of nitrogen functional groups attached to an aromatic ring is 1. The van der Waals surface area contributed by atoms with Crippen LogP contribution in [0.3, 0.4) is 0 Å². The van der Waals surface area contributed by atoms with Crippen LogP contribution < -0.4 is 11.1 Å². The van der Waals surface area contributed by atoms with E-state index in [0.717, 1.165) is 17.4 Å². The van der Waals surface area contributed by atoms with Gasteiger partial charge in [-0.3, -0.25) is 4.68 Å². The molecule has 4 heteroatoms. The Bertz CT molecular complexity index is 301. The molecular formula is C9H16N4. The van der Waals surface area contributed by atoms with Crippen molar-refractivity contribution in [1.29, 1.82) is 0 Å². The molecule has 1 heterocycles. The fraction of sp³-hybridized carbons (Fsp3) is 0.667. The Labute approximate surface area is 78.1 Å². The molecular weight excluding hydrogens is 164 g/mol. The zero-order valence-electron chi connectivity index (χ0n) is 8.12. The summed E-state index contributed by atoms with van der Waals surface area (Å²) in [5, 5.41) is 7.58. The maximum atomic E-state index is 5.76. The van der Waals surface area contributed by atoms with Crippen LogP contribution in [-0.2, 0) is 7.05 Å². The van der Waals surface area contributed by atoms with Crippen LogP contribution in [0.15, 0.2) is 6.20 Å². The topological polar surface area (TPSA) is 55.9 Å². The molecule has 1 aliphatic rings. The number of hydrogen-bond acceptors (Lipinski definition) is 3. The summed E-state index contributed by atoms with van der Waals surface area (Å²) in [4.78, 5) is 0. The molecule has 0 bridgehead atoms. The van der Waals surface area contributed by atoms with Crippen molar-refractivity contribution in [2.75, 3.05) is 11.1 Å². The standard InChI is InChI=1S/C9H16N4/c1-6(7-3-4-7)11-9-8(10)5-13(2)12-9/h5-7H,3-4,10H2,1-2H3,(H,11,12). The van der Waals surface area contributed by atoms with E-state index in [1.54, 1.807) is 4.68 Å². The van der Waals surface area contributed by atoms with Crippen molar-refractivity contribution in [3.05, 3.63) is 6.20 Å². The predicted molar refractivity (Wildman–Crippen MR) is 53.4 cm³/mol. The minimum absolute atomic E-state index is 0.497. The lowest BCUT2D eigenvalue weighted by molar-refractivity contribution is 0.683. The van der Waals surface area contributed by atoms with E-state index in [4.69, 9.17) is 5.73 Å². The molecule has 1 aromatic heterocycles. The first-order chi connectivity index (χ1) is 6.16. The van der Waals surface area contributed by atoms with E-state index in [2.05, 4.69) is 17.3 Å². The van der Waals surface area contributed by atoms with Gasteiger partial charge in [-0.15, -0.1) is 0 Å². The first-order valence-corrected chi connectivity index (χ1v) is 4.72. The highest BCUT2D eigenvalue weighted by molar-refractivity contribution is 5.60. The average Bonchev–Trinajstić information content (AvgIpc) is 2.81. The summed E-state index contributed by atoms with van der Waals surface area (Å²) in [6, 6.07) is 0.497. The average molecular weight is 180 g/mol. The number of anilines is 2. The first kappa shape index (κ1) is 8.41. The highest BCUT2D eigenvalue weighted by Gasteiger charge is 2.28. The van der Waals surface area contributed by atoms with Crippen LogP contribution in [0.1, 0.15) is 19.8 Å². The number of nitrogens with two attached hydrogens (primary N) is 1. The number of aromatic nitrogens is 2. The second kappa shape index (κ2) is 2.94. The summed E-state index contributed by atoms with van der Waals surface area (Å²) >= 11 is 0. The Morgan fingerprint density at radius 1 is 1.69 bits per heavy atom. The van der Waals surface area contributed by atoms with Crippen LogP contribution in [0.5, 0.6) is 0 Å². The summed E-state index contributed by atoms with van der Waals surface area (Å²) in [6.07, 6.45) is 4.49. The van der Waals surface area contributed by atoms with Crippen molar-refractivity contribution in [3.8, 4) is 0 Å². The molecule has 3 N–H and O–H groups in total. The van der Waals surface area contributed by atoms with Crippen LogP contribution >= 0.6 is 0 Å². The number of hydrogen-bond donors (Lipinski definition) is 2. The van der Waals surface area contributed by atoms with E-state index in [9.17, 15) is 0 Å². The molecule has 13 heavy (non-hydrogen) atoms. The number of aryl methyl sites for hydroxylation is 1. The third-order valence-electron chi connectivity index (χ3n) is 2.55. The quantitative estimate of drug-likeness (QED) is 0.735. The van der Waals surface area contributed by atoms with Crippen molar-refractivity contribution in [1.82, 2.24) is 9.78 Å². The molecule has 0 radical (unpaired) electrons. The SMILES string of the molecule is CC(Nc1nn(C)cc1N)C1CC1. The van der Waals surface area contributed by atoms with Gasteiger partial charge in [0, 0.05) is 19.3 Å². The van der Waals surface area contributed by atoms with Gasteiger partial charge in [-0.05, 0) is 25.7 Å². The minimum Gasteiger partial charge on any atom is -0.394 e. The van der Waals surface area contributed by atoms with Gasteiger partial charge in [0.2, 0.25) is 0 Å². The van der Waals surface area contributed by atoms with Crippen LogP contribution in [0.25, 0.3) is 0 Å². The van der Waals surface area contributed by atoms with Crippen LogP contribution in [-0.4, -0.2) is 15.8 Å². The normalized spacial score (nSPS) is 18.6. The lowest BCUT2D eigenvalue weighted by Gasteiger charge is -2.11. The Hall–Kier alpha value is -1.19. The van der Waals surface area contributed by atoms with Crippen molar-refractivity contribution in [2.45, 2.75) is 25.8 Å². The predicted octanol–water partition coefficient (Wildman–Crippen LogP) is 1.21. The summed E-state index contributed by atoms with van der Waals surface area (Å²) in [7, 11) is 1.88. The van der Waals surface area contributed by atoms with Gasteiger partial charge in [0.1, 0.15) is 0 Å². The Morgan fingerprint density at radius 3 is 2.85 bits per heavy atom. The summed E-state index contributed by atoms with van der Waals surface area (Å²) in [5.41, 5.74) is 6.50. The lowest BCUT2D eigenvalue weighted by atomic mass is 10.2. The van der Waals surface area contributed by atoms with Gasteiger partial charge in [-0.25, -0.2) is 0 Å². The van der Waals surface area contributed by atoms with Gasteiger partial charge in [0.05, 0.1) is 5.69 Å². The molecule has 1 aliphatic carbocycles. The molecule has 0 saturated heterocycles. The molecule has 0 amide bonds. The Balaban J connectivity index is 2.03. The molecule has 1 aromatic rings. The number of nitrogens with zero attached hydrogens (tertiary/aromatic N) is 2. The maximum Gasteiger partial charge on any atom is 0.171 e. The first-order valence-electron chi connectivity index (χ1n) is 4.72. The van der Waals surface area contributed by atoms with Crippen molar-refractivity contribution in [3.63, 3.8) is 0 Å². The van der Waals surface area contributed by atoms with Gasteiger partial charge in [0.25, 0.3) is 0 Å². The third-order valence-corrected chi connectivity index (χ3v) is 2.55. The smallest absolute Gasteiger partial charge is 0.171 e. The molecule has 1 atom stereocenters. The molecule has 72 valence electrons. The number of rotatable bonds is 3. The van der Waals surface area contributed by atoms with E-state index >= 15 is 0 Å². The van der Waals surface area contributed by atoms with E-state index in [0.29, 0.717) is 6.04 Å². The number of nitrogens with one attached hydrogen (secondary N) is 1. The van der Waals surface area contributed by atoms with Crippen LogP contribution in [0.2, 0.25) is 0 Å². The minimum atomic E-state index is 0.497. The van der Waals surface area contributed by atoms with Gasteiger partial charge in [0.15, 0.2) is 5.82 Å². The summed E-state index contributed by atoms with van der Waals surface area (Å²) in [5.74, 6) is 1.64. The molecule has 0 aromatic carbocycles. The zero-order chi connectivity index (χ0) is 9.42. The van der Waals surface area contributed by atoms with Crippen molar-refractivity contribution >= 4 is 11.5 Å². The van der Waals surface area contributed by atoms with Gasteiger partial charge >= 0.3 is 0 Å². The van der Waals surface area contributed by atoms with E-state index in [-0.39, 0.29) is 0 Å². The van der Waals surface area contributed by atoms with Crippen LogP contribution in [0.4, 0.5) is 11.5 Å². The van der Waals surface area contributed by atoms with Gasteiger partial charge < -0.3 is 11.1 Å². The highest BCUT2D eigenvalue weighted by Crippen LogP contribution is 2.34. The molecule has 1 fully saturated rings. The molecule has 0 aliphatic heterocycles. The molecule has 2 rings (SSSR count). The molecule has 1 saturated carbocycles. The fourth-order valence-corrected chi connectivity index (χ4v) is 1.55. The van der Waals surface area contributed by atoms with Crippen molar-refractivity contribution in [2.24, 2.45) is 13.0 Å². The largest absolute Gasteiger partial charge is 0.394 e. The second-order valence-electron chi connectivity index (χ2n) is 3.88. The third kappa shape index (κ3) is 1.76. The maximum absolute atomic E-state index is 5.76. The Morgan fingerprint density at radius 2 is 2.38 bits per heavy atom. The monoisotopic (exact) mass is 180 g/mol. The lowest BCUT2D eigenvalue weighted by Crippen LogP contribution is -2.18. The van der Waals surface area contributed by atoms with Crippen LogP contribution in [0, 0.1) is 5.92 Å². The highest BCUT2D eigenvalue weighted by atomic mass is 15.3. The van der Waals surface area contributed by atoms with E-state index < -0.39 is 0 Å². The summed E-state index contributed by atoms with van der Waals surface area (Å²) in [6.45, 7) is 2.19. The van der Waals surface area contributed by atoms with Gasteiger partial charge in [-0.1, -0.05) is 0 Å². The molecule has 0 spiro atoms. The van der Waals surface area contributed by atoms with E-state index in [1.807, 2.05) is 13.2 Å².